The fraction of sp³-hybridized carbons (Fsp3) is 0.385. The van der Waals surface area contributed by atoms with Crippen LogP contribution in [0.1, 0.15) is 43.9 Å². The standard InChI is InChI=1S/C26H25ClF5N5O4/c1-13(26(30,31)32)40-19-11-14(18(29)10-15(19)23(38)34-21-16(27)6-5-7-17(21)28)22-33-20-12-36(8-9-37(20)35-22)24(39)41-25(2,3)4/h5-7,10-11,13H,8-9,12H2,1-4H3,(H,34,38)/t13-/m0/s1. The molecule has 1 aliphatic heterocycles. The number of carbonyl (C=O) groups excluding carboxylic acids is 2. The molecule has 2 heterocycles. The second-order valence-electron chi connectivity index (χ2n) is 10.2. The third-order valence-corrected chi connectivity index (χ3v) is 6.15. The van der Waals surface area contributed by atoms with E-state index in [9.17, 15) is 27.2 Å². The van der Waals surface area contributed by atoms with Crippen LogP contribution >= 0.6 is 11.6 Å². The smallest absolute Gasteiger partial charge is 0.425 e. The van der Waals surface area contributed by atoms with Crippen LogP contribution in [0.25, 0.3) is 11.4 Å². The number of nitrogens with one attached hydrogen (secondary N) is 1. The summed E-state index contributed by atoms with van der Waals surface area (Å²) in [6.45, 7) is 6.26. The van der Waals surface area contributed by atoms with Crippen molar-refractivity contribution < 1.29 is 41.0 Å². The number of hydrogen-bond acceptors (Lipinski definition) is 6. The Labute approximate surface area is 236 Å². The minimum absolute atomic E-state index is 0.0120. The number of para-hydroxylation sites is 1. The minimum atomic E-state index is -4.83. The molecular formula is C26H25ClF5N5O4. The van der Waals surface area contributed by atoms with Gasteiger partial charge in [-0.1, -0.05) is 17.7 Å². The first-order valence-electron chi connectivity index (χ1n) is 12.3. The van der Waals surface area contributed by atoms with Gasteiger partial charge in [0.15, 0.2) is 11.9 Å². The summed E-state index contributed by atoms with van der Waals surface area (Å²) in [7, 11) is 0. The number of alkyl halides is 3. The highest BCUT2D eigenvalue weighted by Gasteiger charge is 2.39. The Morgan fingerprint density at radius 2 is 1.80 bits per heavy atom. The molecule has 1 N–H and O–H groups in total. The quantitative estimate of drug-likeness (QED) is 0.349. The predicted octanol–water partition coefficient (Wildman–Crippen LogP) is 6.21. The summed E-state index contributed by atoms with van der Waals surface area (Å²) in [4.78, 5) is 31.1. The average Bonchev–Trinajstić information content (AvgIpc) is 3.28. The number of halogens is 6. The first-order valence-corrected chi connectivity index (χ1v) is 12.7. The second-order valence-corrected chi connectivity index (χ2v) is 10.6. The molecule has 2 aromatic carbocycles. The molecule has 0 aliphatic carbocycles. The van der Waals surface area contributed by atoms with Gasteiger partial charge in [-0.05, 0) is 52.0 Å². The van der Waals surface area contributed by atoms with Crippen molar-refractivity contribution in [3.05, 3.63) is 58.4 Å². The number of benzene rings is 2. The van der Waals surface area contributed by atoms with Gasteiger partial charge in [0, 0.05) is 6.54 Å². The fourth-order valence-corrected chi connectivity index (χ4v) is 4.00. The topological polar surface area (TPSA) is 98.6 Å². The molecule has 0 saturated heterocycles. The van der Waals surface area contributed by atoms with E-state index in [1.165, 1.54) is 21.7 Å². The molecule has 1 aromatic heterocycles. The number of anilines is 1. The van der Waals surface area contributed by atoms with Crippen molar-refractivity contribution in [2.24, 2.45) is 0 Å². The van der Waals surface area contributed by atoms with Gasteiger partial charge in [-0.25, -0.2) is 23.2 Å². The Morgan fingerprint density at radius 1 is 1.10 bits per heavy atom. The van der Waals surface area contributed by atoms with Crippen molar-refractivity contribution in [1.82, 2.24) is 19.7 Å². The lowest BCUT2D eigenvalue weighted by atomic mass is 10.1. The third-order valence-electron chi connectivity index (χ3n) is 5.83. The normalized spacial score (nSPS) is 14.3. The molecule has 41 heavy (non-hydrogen) atoms. The lowest BCUT2D eigenvalue weighted by Crippen LogP contribution is -2.41. The van der Waals surface area contributed by atoms with E-state index in [-0.39, 0.29) is 41.9 Å². The molecule has 0 spiro atoms. The number of amides is 2. The van der Waals surface area contributed by atoms with Gasteiger partial charge >= 0.3 is 12.3 Å². The van der Waals surface area contributed by atoms with Crippen LogP contribution in [0.3, 0.4) is 0 Å². The Balaban J connectivity index is 1.69. The number of aromatic nitrogens is 3. The summed E-state index contributed by atoms with van der Waals surface area (Å²) >= 11 is 5.93. The zero-order valence-corrected chi connectivity index (χ0v) is 23.0. The van der Waals surface area contributed by atoms with Gasteiger partial charge in [-0.2, -0.15) is 18.3 Å². The van der Waals surface area contributed by atoms with Gasteiger partial charge in [0.05, 0.1) is 34.9 Å². The van der Waals surface area contributed by atoms with Crippen LogP contribution < -0.4 is 10.1 Å². The zero-order chi connectivity index (χ0) is 30.3. The van der Waals surface area contributed by atoms with Gasteiger partial charge in [0.1, 0.15) is 28.8 Å². The summed E-state index contributed by atoms with van der Waals surface area (Å²) in [5.41, 5.74) is -2.19. The highest BCUT2D eigenvalue weighted by atomic mass is 35.5. The van der Waals surface area contributed by atoms with E-state index >= 15 is 4.39 Å². The Hall–Kier alpha value is -3.94. The fourth-order valence-electron chi connectivity index (χ4n) is 3.79. The zero-order valence-electron chi connectivity index (χ0n) is 22.3. The van der Waals surface area contributed by atoms with E-state index in [4.69, 9.17) is 21.1 Å². The van der Waals surface area contributed by atoms with Crippen LogP contribution in [0, 0.1) is 11.6 Å². The predicted molar refractivity (Wildman–Crippen MR) is 138 cm³/mol. The lowest BCUT2D eigenvalue weighted by Gasteiger charge is -2.29. The highest BCUT2D eigenvalue weighted by molar-refractivity contribution is 6.34. The van der Waals surface area contributed by atoms with Crippen LogP contribution in [0.15, 0.2) is 30.3 Å². The van der Waals surface area contributed by atoms with Crippen LogP contribution in [0.5, 0.6) is 5.75 Å². The molecule has 1 aliphatic rings. The van der Waals surface area contributed by atoms with E-state index in [0.29, 0.717) is 13.0 Å². The highest BCUT2D eigenvalue weighted by Crippen LogP contribution is 2.34. The molecule has 15 heteroatoms. The summed E-state index contributed by atoms with van der Waals surface area (Å²) in [6.07, 6.45) is -7.80. The first-order chi connectivity index (χ1) is 19.0. The number of carbonyl (C=O) groups is 2. The average molecular weight is 602 g/mol. The van der Waals surface area contributed by atoms with E-state index in [1.807, 2.05) is 0 Å². The largest absolute Gasteiger partial charge is 0.480 e. The Bertz CT molecular complexity index is 1470. The summed E-state index contributed by atoms with van der Waals surface area (Å²) < 4.78 is 81.5. The number of nitrogens with zero attached hydrogens (tertiary/aromatic N) is 4. The second kappa shape index (κ2) is 11.1. The van der Waals surface area contributed by atoms with E-state index < -0.39 is 58.5 Å². The molecule has 9 nitrogen and oxygen atoms in total. The molecular weight excluding hydrogens is 577 g/mol. The molecule has 0 fully saturated rings. The molecule has 3 aromatic rings. The Kier molecular flexibility index (Phi) is 8.16. The molecule has 220 valence electrons. The van der Waals surface area contributed by atoms with Gasteiger partial charge in [0.2, 0.25) is 0 Å². The molecule has 0 radical (unpaired) electrons. The van der Waals surface area contributed by atoms with Crippen molar-refractivity contribution in [2.75, 3.05) is 11.9 Å². The van der Waals surface area contributed by atoms with Gasteiger partial charge in [-0.3, -0.25) is 9.69 Å². The molecule has 0 unspecified atom stereocenters. The number of ether oxygens (including phenoxy) is 2. The van der Waals surface area contributed by atoms with Crippen molar-refractivity contribution >= 4 is 29.3 Å². The monoisotopic (exact) mass is 601 g/mol. The van der Waals surface area contributed by atoms with E-state index in [1.54, 1.807) is 20.8 Å². The van der Waals surface area contributed by atoms with Crippen LogP contribution in [0.4, 0.5) is 32.4 Å². The molecule has 1 atom stereocenters. The SMILES string of the molecule is C[C@H](Oc1cc(-c2nc3n(n2)CCN(C(=O)OC(C)(C)C)C3)c(F)cc1C(=O)Nc1c(F)cccc1Cl)C(F)(F)F. The van der Waals surface area contributed by atoms with Crippen molar-refractivity contribution in [3.63, 3.8) is 0 Å². The summed E-state index contributed by atoms with van der Waals surface area (Å²) in [6, 6.07) is 5.08. The molecule has 2 amide bonds. The number of rotatable bonds is 5. The van der Waals surface area contributed by atoms with Crippen LogP contribution in [0.2, 0.25) is 5.02 Å². The summed E-state index contributed by atoms with van der Waals surface area (Å²) in [5.74, 6) is -3.73. The van der Waals surface area contributed by atoms with Gasteiger partial charge in [-0.15, -0.1) is 0 Å². The molecule has 0 bridgehead atoms. The van der Waals surface area contributed by atoms with E-state index in [0.717, 1.165) is 12.1 Å². The van der Waals surface area contributed by atoms with Crippen molar-refractivity contribution in [2.45, 2.75) is 58.7 Å². The maximum absolute atomic E-state index is 15.4. The maximum atomic E-state index is 15.4. The van der Waals surface area contributed by atoms with Crippen molar-refractivity contribution in [1.29, 1.82) is 0 Å². The first kappa shape index (κ1) is 30.0. The van der Waals surface area contributed by atoms with Crippen LogP contribution in [-0.4, -0.2) is 56.1 Å². The molecule has 4 rings (SSSR count). The van der Waals surface area contributed by atoms with Gasteiger partial charge < -0.3 is 14.8 Å². The third kappa shape index (κ3) is 6.87. The number of hydrogen-bond donors (Lipinski definition) is 1. The van der Waals surface area contributed by atoms with Gasteiger partial charge in [0.25, 0.3) is 5.91 Å². The van der Waals surface area contributed by atoms with Crippen molar-refractivity contribution in [3.8, 4) is 17.1 Å². The number of fused-ring (bicyclic) bond motifs is 1. The minimum Gasteiger partial charge on any atom is -0.480 e. The summed E-state index contributed by atoms with van der Waals surface area (Å²) in [5, 5.41) is 6.19. The molecule has 0 saturated carbocycles. The van der Waals surface area contributed by atoms with Crippen LogP contribution in [-0.2, 0) is 17.8 Å². The maximum Gasteiger partial charge on any atom is 0.425 e. The lowest BCUT2D eigenvalue weighted by molar-refractivity contribution is -0.189. The van der Waals surface area contributed by atoms with E-state index in [2.05, 4.69) is 15.4 Å². The Morgan fingerprint density at radius 3 is 2.44 bits per heavy atom.